The van der Waals surface area contributed by atoms with E-state index in [1.165, 1.54) is 6.07 Å². The van der Waals surface area contributed by atoms with E-state index in [9.17, 15) is 10.1 Å². The van der Waals surface area contributed by atoms with Gasteiger partial charge in [-0.2, -0.15) is 0 Å². The van der Waals surface area contributed by atoms with E-state index in [1.54, 1.807) is 24.7 Å². The van der Waals surface area contributed by atoms with Crippen molar-refractivity contribution in [3.63, 3.8) is 0 Å². The van der Waals surface area contributed by atoms with Crippen LogP contribution in [0, 0.1) is 10.1 Å². The molecule has 0 aliphatic heterocycles. The van der Waals surface area contributed by atoms with Crippen molar-refractivity contribution in [3.05, 3.63) is 64.1 Å². The van der Waals surface area contributed by atoms with Gasteiger partial charge in [-0.25, -0.2) is 0 Å². The summed E-state index contributed by atoms with van der Waals surface area (Å²) < 4.78 is 4.95. The first-order valence-corrected chi connectivity index (χ1v) is 5.71. The van der Waals surface area contributed by atoms with Gasteiger partial charge < -0.3 is 9.73 Å². The molecule has 0 saturated heterocycles. The number of nitro benzene ring substituents is 1. The lowest BCUT2D eigenvalue weighted by Gasteiger charge is -2.04. The van der Waals surface area contributed by atoms with E-state index in [1.807, 2.05) is 12.1 Å². The van der Waals surface area contributed by atoms with Gasteiger partial charge in [-0.15, -0.1) is 0 Å². The van der Waals surface area contributed by atoms with Crippen LogP contribution in [0.15, 0.2) is 47.3 Å². The van der Waals surface area contributed by atoms with Crippen molar-refractivity contribution in [2.75, 3.05) is 6.54 Å². The lowest BCUT2D eigenvalue weighted by atomic mass is 10.1. The maximum atomic E-state index is 10.8. The van der Waals surface area contributed by atoms with Crippen LogP contribution in [0.1, 0.15) is 11.1 Å². The molecule has 5 heteroatoms. The van der Waals surface area contributed by atoms with Gasteiger partial charge in [0.1, 0.15) is 0 Å². The average molecular weight is 246 g/mol. The van der Waals surface area contributed by atoms with Gasteiger partial charge in [-0.05, 0) is 19.0 Å². The molecule has 2 aromatic rings. The Labute approximate surface area is 105 Å². The zero-order valence-electron chi connectivity index (χ0n) is 9.83. The molecule has 0 aliphatic rings. The fraction of sp³-hybridized carbons (Fsp3) is 0.231. The third kappa shape index (κ3) is 3.18. The highest BCUT2D eigenvalue weighted by atomic mass is 16.6. The Balaban J connectivity index is 1.85. The summed E-state index contributed by atoms with van der Waals surface area (Å²) in [6.45, 7) is 1.40. The molecule has 0 bridgehead atoms. The van der Waals surface area contributed by atoms with E-state index in [4.69, 9.17) is 4.42 Å². The van der Waals surface area contributed by atoms with Crippen LogP contribution in [0.4, 0.5) is 5.69 Å². The van der Waals surface area contributed by atoms with E-state index >= 15 is 0 Å². The van der Waals surface area contributed by atoms with E-state index < -0.39 is 0 Å². The molecule has 0 fully saturated rings. The quantitative estimate of drug-likeness (QED) is 0.483. The van der Waals surface area contributed by atoms with Gasteiger partial charge in [0.05, 0.1) is 17.4 Å². The molecule has 2 rings (SSSR count). The van der Waals surface area contributed by atoms with Crippen molar-refractivity contribution >= 4 is 5.69 Å². The number of rotatable bonds is 6. The van der Waals surface area contributed by atoms with Crippen molar-refractivity contribution in [3.8, 4) is 0 Å². The van der Waals surface area contributed by atoms with E-state index in [0.29, 0.717) is 19.5 Å². The smallest absolute Gasteiger partial charge is 0.272 e. The predicted molar refractivity (Wildman–Crippen MR) is 67.2 cm³/mol. The summed E-state index contributed by atoms with van der Waals surface area (Å²) in [6, 6.07) is 8.71. The standard InChI is InChI=1S/C13H14N2O3/c16-15(17)13-4-2-1-3-12(13)5-7-14-9-11-6-8-18-10-11/h1-4,6,8,10,14H,5,7,9H2. The van der Waals surface area contributed by atoms with Crippen molar-refractivity contribution in [2.24, 2.45) is 0 Å². The summed E-state index contributed by atoms with van der Waals surface area (Å²) in [5.74, 6) is 0. The van der Waals surface area contributed by atoms with Crippen LogP contribution >= 0.6 is 0 Å². The van der Waals surface area contributed by atoms with Gasteiger partial charge in [0, 0.05) is 23.7 Å². The Hall–Kier alpha value is -2.14. The van der Waals surface area contributed by atoms with Gasteiger partial charge in [0.15, 0.2) is 0 Å². The maximum absolute atomic E-state index is 10.8. The lowest BCUT2D eigenvalue weighted by molar-refractivity contribution is -0.385. The minimum Gasteiger partial charge on any atom is -0.472 e. The fourth-order valence-electron chi connectivity index (χ4n) is 1.75. The maximum Gasteiger partial charge on any atom is 0.272 e. The van der Waals surface area contributed by atoms with Gasteiger partial charge >= 0.3 is 0 Å². The minimum absolute atomic E-state index is 0.183. The van der Waals surface area contributed by atoms with Crippen LogP contribution in [0.2, 0.25) is 0 Å². The summed E-state index contributed by atoms with van der Waals surface area (Å²) in [5.41, 5.74) is 2.00. The largest absolute Gasteiger partial charge is 0.472 e. The monoisotopic (exact) mass is 246 g/mol. The molecular formula is C13H14N2O3. The van der Waals surface area contributed by atoms with E-state index in [0.717, 1.165) is 11.1 Å². The predicted octanol–water partition coefficient (Wildman–Crippen LogP) is 2.52. The molecule has 0 radical (unpaired) electrons. The molecule has 0 spiro atoms. The molecule has 0 aliphatic carbocycles. The second-order valence-corrected chi connectivity index (χ2v) is 3.94. The van der Waals surface area contributed by atoms with Crippen molar-refractivity contribution in [1.82, 2.24) is 5.32 Å². The number of nitro groups is 1. The SMILES string of the molecule is O=[N+]([O-])c1ccccc1CCNCc1ccoc1. The highest BCUT2D eigenvalue weighted by molar-refractivity contribution is 5.39. The number of hydrogen-bond acceptors (Lipinski definition) is 4. The summed E-state index contributed by atoms with van der Waals surface area (Å²) in [4.78, 5) is 10.5. The Kier molecular flexibility index (Phi) is 4.09. The summed E-state index contributed by atoms with van der Waals surface area (Å²) in [6.07, 6.45) is 3.94. The number of benzene rings is 1. The van der Waals surface area contributed by atoms with Gasteiger partial charge in [0.25, 0.3) is 5.69 Å². The van der Waals surface area contributed by atoms with Gasteiger partial charge in [-0.1, -0.05) is 18.2 Å². The molecule has 1 N–H and O–H groups in total. The summed E-state index contributed by atoms with van der Waals surface area (Å²) in [7, 11) is 0. The first-order chi connectivity index (χ1) is 8.77. The first kappa shape index (κ1) is 12.3. The second-order valence-electron chi connectivity index (χ2n) is 3.94. The Morgan fingerprint density at radius 2 is 2.11 bits per heavy atom. The molecule has 1 heterocycles. The van der Waals surface area contributed by atoms with E-state index in [-0.39, 0.29) is 10.6 Å². The minimum atomic E-state index is -0.342. The normalized spacial score (nSPS) is 10.4. The summed E-state index contributed by atoms with van der Waals surface area (Å²) >= 11 is 0. The highest BCUT2D eigenvalue weighted by Crippen LogP contribution is 2.17. The molecule has 18 heavy (non-hydrogen) atoms. The molecule has 0 atom stereocenters. The summed E-state index contributed by atoms with van der Waals surface area (Å²) in [5, 5.41) is 14.0. The molecular weight excluding hydrogens is 232 g/mol. The molecule has 1 aromatic carbocycles. The highest BCUT2D eigenvalue weighted by Gasteiger charge is 2.11. The number of nitrogens with one attached hydrogen (secondary N) is 1. The molecule has 0 unspecified atom stereocenters. The zero-order chi connectivity index (χ0) is 12.8. The van der Waals surface area contributed by atoms with E-state index in [2.05, 4.69) is 5.32 Å². The fourth-order valence-corrected chi connectivity index (χ4v) is 1.75. The molecule has 94 valence electrons. The molecule has 5 nitrogen and oxygen atoms in total. The second kappa shape index (κ2) is 5.97. The van der Waals surface area contributed by atoms with Crippen molar-refractivity contribution in [1.29, 1.82) is 0 Å². The van der Waals surface area contributed by atoms with Crippen LogP contribution in [0.5, 0.6) is 0 Å². The third-order valence-corrected chi connectivity index (χ3v) is 2.67. The van der Waals surface area contributed by atoms with Crippen LogP contribution in [-0.4, -0.2) is 11.5 Å². The Morgan fingerprint density at radius 3 is 2.83 bits per heavy atom. The van der Waals surface area contributed by atoms with Crippen LogP contribution in [0.3, 0.4) is 0 Å². The number of nitrogens with zero attached hydrogens (tertiary/aromatic N) is 1. The Bertz CT molecular complexity index is 509. The average Bonchev–Trinajstić information content (AvgIpc) is 2.88. The number of furan rings is 1. The van der Waals surface area contributed by atoms with Crippen LogP contribution < -0.4 is 5.32 Å². The first-order valence-electron chi connectivity index (χ1n) is 5.71. The van der Waals surface area contributed by atoms with Crippen molar-refractivity contribution in [2.45, 2.75) is 13.0 Å². The van der Waals surface area contributed by atoms with Crippen LogP contribution in [-0.2, 0) is 13.0 Å². The van der Waals surface area contributed by atoms with Gasteiger partial charge in [-0.3, -0.25) is 10.1 Å². The Morgan fingerprint density at radius 1 is 1.28 bits per heavy atom. The topological polar surface area (TPSA) is 68.3 Å². The number of hydrogen-bond donors (Lipinski definition) is 1. The van der Waals surface area contributed by atoms with Crippen LogP contribution in [0.25, 0.3) is 0 Å². The third-order valence-electron chi connectivity index (χ3n) is 2.67. The molecule has 0 saturated carbocycles. The molecule has 1 aromatic heterocycles. The van der Waals surface area contributed by atoms with Gasteiger partial charge in [0.2, 0.25) is 0 Å². The lowest BCUT2D eigenvalue weighted by Crippen LogP contribution is -2.16. The number of para-hydroxylation sites is 1. The molecule has 0 amide bonds. The zero-order valence-corrected chi connectivity index (χ0v) is 9.83. The van der Waals surface area contributed by atoms with Crippen molar-refractivity contribution < 1.29 is 9.34 Å².